The van der Waals surface area contributed by atoms with Gasteiger partial charge in [0.05, 0.1) is 0 Å². The number of aromatic nitrogens is 2. The van der Waals surface area contributed by atoms with Crippen LogP contribution in [0.1, 0.15) is 11.3 Å². The highest BCUT2D eigenvalue weighted by atomic mass is 16.1. The van der Waals surface area contributed by atoms with Crippen LogP contribution in [0.15, 0.2) is 35.3 Å². The standard InChI is InChI=1S/C14H16N4O/c1-18-8-6-11-10(9-18)4-5-13(16-11)17-12-3-2-7-15-14(12)19/h2-5,7H,6,8-9H2,1H3,(H,15,19)(H,16,17). The molecule has 0 spiro atoms. The van der Waals surface area contributed by atoms with Crippen molar-refractivity contribution in [2.24, 2.45) is 0 Å². The summed E-state index contributed by atoms with van der Waals surface area (Å²) in [5.74, 6) is 0.722. The minimum absolute atomic E-state index is 0.137. The van der Waals surface area contributed by atoms with E-state index in [4.69, 9.17) is 0 Å². The molecule has 0 aliphatic carbocycles. The minimum Gasteiger partial charge on any atom is -0.336 e. The molecule has 0 atom stereocenters. The lowest BCUT2D eigenvalue weighted by molar-refractivity contribution is 0.310. The fourth-order valence-electron chi connectivity index (χ4n) is 2.28. The largest absolute Gasteiger partial charge is 0.336 e. The number of pyridine rings is 2. The van der Waals surface area contributed by atoms with Crippen LogP contribution in [0.4, 0.5) is 11.5 Å². The van der Waals surface area contributed by atoms with Crippen LogP contribution in [0.25, 0.3) is 0 Å². The molecule has 3 heterocycles. The van der Waals surface area contributed by atoms with Crippen molar-refractivity contribution in [2.45, 2.75) is 13.0 Å². The molecule has 1 aliphatic heterocycles. The predicted molar refractivity (Wildman–Crippen MR) is 74.6 cm³/mol. The Balaban J connectivity index is 1.87. The van der Waals surface area contributed by atoms with Crippen LogP contribution >= 0.6 is 0 Å². The maximum atomic E-state index is 11.6. The fraction of sp³-hybridized carbons (Fsp3) is 0.286. The van der Waals surface area contributed by atoms with E-state index in [1.54, 1.807) is 18.3 Å². The smallest absolute Gasteiger partial charge is 0.271 e. The van der Waals surface area contributed by atoms with Crippen LogP contribution in [0.5, 0.6) is 0 Å². The number of likely N-dealkylation sites (N-methyl/N-ethyl adjacent to an activating group) is 1. The van der Waals surface area contributed by atoms with Gasteiger partial charge >= 0.3 is 0 Å². The quantitative estimate of drug-likeness (QED) is 0.855. The molecule has 0 unspecified atom stereocenters. The van der Waals surface area contributed by atoms with Gasteiger partial charge in [0.15, 0.2) is 0 Å². The van der Waals surface area contributed by atoms with Gasteiger partial charge in [-0.1, -0.05) is 6.07 Å². The normalized spacial score (nSPS) is 15.0. The van der Waals surface area contributed by atoms with Gasteiger partial charge in [-0.05, 0) is 30.8 Å². The molecule has 19 heavy (non-hydrogen) atoms. The summed E-state index contributed by atoms with van der Waals surface area (Å²) in [7, 11) is 2.11. The minimum atomic E-state index is -0.137. The first-order valence-electron chi connectivity index (χ1n) is 6.34. The van der Waals surface area contributed by atoms with E-state index in [9.17, 15) is 4.79 Å². The number of nitrogens with one attached hydrogen (secondary N) is 2. The maximum absolute atomic E-state index is 11.6. The first kappa shape index (κ1) is 11.9. The Morgan fingerprint density at radius 3 is 3.11 bits per heavy atom. The van der Waals surface area contributed by atoms with Gasteiger partial charge in [0, 0.05) is 31.4 Å². The molecule has 5 nitrogen and oxygen atoms in total. The first-order chi connectivity index (χ1) is 9.22. The molecule has 2 aromatic heterocycles. The summed E-state index contributed by atoms with van der Waals surface area (Å²) in [6, 6.07) is 7.53. The van der Waals surface area contributed by atoms with Gasteiger partial charge in [-0.3, -0.25) is 4.79 Å². The third-order valence-electron chi connectivity index (χ3n) is 3.32. The van der Waals surface area contributed by atoms with Crippen molar-refractivity contribution in [3.05, 3.63) is 52.1 Å². The van der Waals surface area contributed by atoms with Gasteiger partial charge < -0.3 is 15.2 Å². The number of fused-ring (bicyclic) bond motifs is 1. The monoisotopic (exact) mass is 256 g/mol. The lowest BCUT2D eigenvalue weighted by Gasteiger charge is -2.24. The third kappa shape index (κ3) is 2.51. The van der Waals surface area contributed by atoms with Crippen molar-refractivity contribution in [3.8, 4) is 0 Å². The van der Waals surface area contributed by atoms with Crippen LogP contribution in [-0.2, 0) is 13.0 Å². The Morgan fingerprint density at radius 1 is 1.37 bits per heavy atom. The summed E-state index contributed by atoms with van der Waals surface area (Å²) >= 11 is 0. The summed E-state index contributed by atoms with van der Waals surface area (Å²) in [5.41, 5.74) is 2.77. The van der Waals surface area contributed by atoms with E-state index in [2.05, 4.69) is 33.3 Å². The highest BCUT2D eigenvalue weighted by Gasteiger charge is 2.14. The topological polar surface area (TPSA) is 61.0 Å². The molecule has 1 aliphatic rings. The average Bonchev–Trinajstić information content (AvgIpc) is 2.41. The zero-order valence-corrected chi connectivity index (χ0v) is 10.8. The second-order valence-corrected chi connectivity index (χ2v) is 4.83. The first-order valence-corrected chi connectivity index (χ1v) is 6.34. The van der Waals surface area contributed by atoms with Crippen molar-refractivity contribution in [2.75, 3.05) is 18.9 Å². The Labute approximate surface area is 111 Å². The Hall–Kier alpha value is -2.14. The lowest BCUT2D eigenvalue weighted by Crippen LogP contribution is -2.27. The number of H-pyrrole nitrogens is 1. The molecule has 5 heteroatoms. The molecule has 2 aromatic rings. The van der Waals surface area contributed by atoms with E-state index in [1.165, 1.54) is 5.56 Å². The molecule has 2 N–H and O–H groups in total. The second kappa shape index (κ2) is 4.85. The number of hydrogen-bond acceptors (Lipinski definition) is 4. The predicted octanol–water partition coefficient (Wildman–Crippen LogP) is 1.50. The Morgan fingerprint density at radius 2 is 2.26 bits per heavy atom. The maximum Gasteiger partial charge on any atom is 0.271 e. The van der Waals surface area contributed by atoms with Crippen molar-refractivity contribution < 1.29 is 0 Å². The average molecular weight is 256 g/mol. The molecular formula is C14H16N4O. The summed E-state index contributed by atoms with van der Waals surface area (Å²) in [5, 5.41) is 3.07. The Kier molecular flexibility index (Phi) is 3.05. The summed E-state index contributed by atoms with van der Waals surface area (Å²) in [6.45, 7) is 1.96. The van der Waals surface area contributed by atoms with Crippen molar-refractivity contribution in [1.29, 1.82) is 0 Å². The molecule has 0 saturated heterocycles. The van der Waals surface area contributed by atoms with Crippen LogP contribution in [0, 0.1) is 0 Å². The molecule has 0 fully saturated rings. The SMILES string of the molecule is CN1CCc2nc(Nc3ccc[nH]c3=O)ccc2C1. The summed E-state index contributed by atoms with van der Waals surface area (Å²) < 4.78 is 0. The highest BCUT2D eigenvalue weighted by Crippen LogP contribution is 2.19. The molecule has 0 radical (unpaired) electrons. The van der Waals surface area contributed by atoms with E-state index < -0.39 is 0 Å². The van der Waals surface area contributed by atoms with Gasteiger partial charge in [-0.15, -0.1) is 0 Å². The fourth-order valence-corrected chi connectivity index (χ4v) is 2.28. The van der Waals surface area contributed by atoms with Gasteiger partial charge in [0.1, 0.15) is 11.5 Å². The lowest BCUT2D eigenvalue weighted by atomic mass is 10.1. The molecule has 0 saturated carbocycles. The van der Waals surface area contributed by atoms with Gasteiger partial charge in [0.2, 0.25) is 0 Å². The second-order valence-electron chi connectivity index (χ2n) is 4.83. The molecule has 0 amide bonds. The molecular weight excluding hydrogens is 240 g/mol. The highest BCUT2D eigenvalue weighted by molar-refractivity contribution is 5.55. The number of rotatable bonds is 2. The van der Waals surface area contributed by atoms with Crippen molar-refractivity contribution >= 4 is 11.5 Å². The zero-order valence-electron chi connectivity index (χ0n) is 10.8. The van der Waals surface area contributed by atoms with E-state index >= 15 is 0 Å². The van der Waals surface area contributed by atoms with E-state index in [0.29, 0.717) is 5.69 Å². The van der Waals surface area contributed by atoms with E-state index in [0.717, 1.165) is 31.0 Å². The van der Waals surface area contributed by atoms with Crippen molar-refractivity contribution in [3.63, 3.8) is 0 Å². The van der Waals surface area contributed by atoms with E-state index in [1.807, 2.05) is 6.07 Å². The molecule has 0 aromatic carbocycles. The zero-order chi connectivity index (χ0) is 13.2. The summed E-state index contributed by atoms with van der Waals surface area (Å²) in [4.78, 5) is 21.1. The van der Waals surface area contributed by atoms with E-state index in [-0.39, 0.29) is 5.56 Å². The molecule has 3 rings (SSSR count). The number of hydrogen-bond donors (Lipinski definition) is 2. The van der Waals surface area contributed by atoms with Crippen LogP contribution in [0.3, 0.4) is 0 Å². The van der Waals surface area contributed by atoms with Crippen LogP contribution < -0.4 is 10.9 Å². The van der Waals surface area contributed by atoms with Gasteiger partial charge in [-0.2, -0.15) is 0 Å². The molecule has 98 valence electrons. The molecule has 0 bridgehead atoms. The van der Waals surface area contributed by atoms with Gasteiger partial charge in [-0.25, -0.2) is 4.98 Å². The van der Waals surface area contributed by atoms with Crippen LogP contribution in [-0.4, -0.2) is 28.5 Å². The number of anilines is 2. The summed E-state index contributed by atoms with van der Waals surface area (Å²) in [6.07, 6.45) is 2.57. The van der Waals surface area contributed by atoms with Crippen LogP contribution in [0.2, 0.25) is 0 Å². The number of nitrogens with zero attached hydrogens (tertiary/aromatic N) is 2. The number of aromatic amines is 1. The van der Waals surface area contributed by atoms with Crippen molar-refractivity contribution in [1.82, 2.24) is 14.9 Å². The third-order valence-corrected chi connectivity index (χ3v) is 3.32. The Bertz CT molecular complexity index is 650. The van der Waals surface area contributed by atoms with Gasteiger partial charge in [0.25, 0.3) is 5.56 Å².